The Kier molecular flexibility index (Phi) is 7.14. The molecule has 0 saturated carbocycles. The lowest BCUT2D eigenvalue weighted by atomic mass is 9.94. The third-order valence-electron chi connectivity index (χ3n) is 10.8. The molecule has 8 aromatic carbocycles. The first-order chi connectivity index (χ1) is 27.2. The van der Waals surface area contributed by atoms with Crippen molar-refractivity contribution in [1.29, 1.82) is 0 Å². The van der Waals surface area contributed by atoms with Crippen LogP contribution in [0.4, 0.5) is 0 Å². The molecule has 4 heteroatoms. The quantitative estimate of drug-likeness (QED) is 0.168. The van der Waals surface area contributed by atoms with Gasteiger partial charge in [-0.1, -0.05) is 152 Å². The van der Waals surface area contributed by atoms with Gasteiger partial charge in [-0.2, -0.15) is 0 Å². The molecule has 55 heavy (non-hydrogen) atoms. The Morgan fingerprint density at radius 2 is 1.00 bits per heavy atom. The first-order valence-corrected chi connectivity index (χ1v) is 18.5. The van der Waals surface area contributed by atoms with Crippen LogP contribution in [-0.2, 0) is 0 Å². The second-order valence-corrected chi connectivity index (χ2v) is 14.0. The van der Waals surface area contributed by atoms with Crippen LogP contribution in [0.5, 0.6) is 0 Å². The van der Waals surface area contributed by atoms with Crippen LogP contribution in [0.3, 0.4) is 0 Å². The fraction of sp³-hybridized carbons (Fsp3) is 0. The van der Waals surface area contributed by atoms with E-state index in [4.69, 9.17) is 14.4 Å². The molecule has 11 rings (SSSR count). The molecule has 11 aromatic rings. The summed E-state index contributed by atoms with van der Waals surface area (Å²) in [6.45, 7) is 0. The van der Waals surface area contributed by atoms with Crippen LogP contribution in [-0.4, -0.2) is 15.0 Å². The second kappa shape index (κ2) is 12.6. The summed E-state index contributed by atoms with van der Waals surface area (Å²) < 4.78 is 6.38. The normalized spacial score (nSPS) is 11.6. The zero-order chi connectivity index (χ0) is 36.3. The highest BCUT2D eigenvalue weighted by atomic mass is 16.3. The summed E-state index contributed by atoms with van der Waals surface area (Å²) in [5.41, 5.74) is 10.8. The second-order valence-electron chi connectivity index (χ2n) is 14.0. The molecular weight excluding hydrogens is 671 g/mol. The summed E-state index contributed by atoms with van der Waals surface area (Å²) in [5.74, 6) is 0.662. The molecule has 0 bridgehead atoms. The lowest BCUT2D eigenvalue weighted by molar-refractivity contribution is 0.670. The molecule has 3 heterocycles. The summed E-state index contributed by atoms with van der Waals surface area (Å²) in [5, 5.41) is 9.27. The number of hydrogen-bond acceptors (Lipinski definition) is 4. The van der Waals surface area contributed by atoms with Crippen molar-refractivity contribution in [3.05, 3.63) is 188 Å². The van der Waals surface area contributed by atoms with Crippen molar-refractivity contribution >= 4 is 54.3 Å². The molecule has 0 aliphatic rings. The van der Waals surface area contributed by atoms with Crippen molar-refractivity contribution in [2.75, 3.05) is 0 Å². The van der Waals surface area contributed by atoms with Gasteiger partial charge in [-0.15, -0.1) is 0 Å². The summed E-state index contributed by atoms with van der Waals surface area (Å²) >= 11 is 0. The van der Waals surface area contributed by atoms with E-state index in [0.717, 1.165) is 83.0 Å². The lowest BCUT2D eigenvalue weighted by Gasteiger charge is -2.14. The number of nitrogens with zero attached hydrogens (tertiary/aromatic N) is 3. The van der Waals surface area contributed by atoms with Crippen molar-refractivity contribution in [3.8, 4) is 56.2 Å². The van der Waals surface area contributed by atoms with Gasteiger partial charge in [0.2, 0.25) is 0 Å². The van der Waals surface area contributed by atoms with Gasteiger partial charge >= 0.3 is 0 Å². The Morgan fingerprint density at radius 1 is 0.345 bits per heavy atom. The largest absolute Gasteiger partial charge is 0.455 e. The van der Waals surface area contributed by atoms with Crippen LogP contribution in [0.1, 0.15) is 0 Å². The fourth-order valence-corrected chi connectivity index (χ4v) is 8.09. The molecule has 0 atom stereocenters. The number of pyridine rings is 1. The maximum atomic E-state index is 6.38. The molecule has 0 unspecified atom stereocenters. The Hall–Kier alpha value is -7.43. The predicted molar refractivity (Wildman–Crippen MR) is 227 cm³/mol. The van der Waals surface area contributed by atoms with Crippen LogP contribution in [0.25, 0.3) is 110 Å². The zero-order valence-corrected chi connectivity index (χ0v) is 29.6. The molecule has 0 radical (unpaired) electrons. The minimum atomic E-state index is 0.662. The van der Waals surface area contributed by atoms with Gasteiger partial charge in [0.15, 0.2) is 5.82 Å². The number of furan rings is 1. The summed E-state index contributed by atoms with van der Waals surface area (Å²) in [6.07, 6.45) is 3.87. The molecule has 256 valence electrons. The van der Waals surface area contributed by atoms with E-state index in [1.54, 1.807) is 0 Å². The minimum Gasteiger partial charge on any atom is -0.455 e. The smallest absolute Gasteiger partial charge is 0.160 e. The molecule has 0 aliphatic heterocycles. The molecular formula is C51H31N3O. The van der Waals surface area contributed by atoms with Crippen LogP contribution >= 0.6 is 0 Å². The Labute approximate surface area is 317 Å². The van der Waals surface area contributed by atoms with Crippen molar-refractivity contribution in [2.45, 2.75) is 0 Å². The Morgan fingerprint density at radius 3 is 1.87 bits per heavy atom. The van der Waals surface area contributed by atoms with Gasteiger partial charge in [-0.25, -0.2) is 9.97 Å². The molecule has 0 N–H and O–H groups in total. The number of fused-ring (bicyclic) bond motifs is 7. The summed E-state index contributed by atoms with van der Waals surface area (Å²) in [6, 6.07) is 61.7. The molecule has 4 nitrogen and oxygen atoms in total. The topological polar surface area (TPSA) is 51.8 Å². The van der Waals surface area contributed by atoms with Crippen LogP contribution in [0.15, 0.2) is 193 Å². The average molecular weight is 702 g/mol. The van der Waals surface area contributed by atoms with Crippen molar-refractivity contribution < 1.29 is 4.42 Å². The molecule has 3 aromatic heterocycles. The van der Waals surface area contributed by atoms with Crippen LogP contribution < -0.4 is 0 Å². The highest BCUT2D eigenvalue weighted by Gasteiger charge is 2.17. The van der Waals surface area contributed by atoms with Crippen molar-refractivity contribution in [1.82, 2.24) is 15.0 Å². The van der Waals surface area contributed by atoms with Crippen LogP contribution in [0.2, 0.25) is 0 Å². The zero-order valence-electron chi connectivity index (χ0n) is 29.6. The van der Waals surface area contributed by atoms with Crippen LogP contribution in [0, 0.1) is 0 Å². The molecule has 0 amide bonds. The summed E-state index contributed by atoms with van der Waals surface area (Å²) in [4.78, 5) is 15.2. The van der Waals surface area contributed by atoms with Gasteiger partial charge < -0.3 is 4.42 Å². The van der Waals surface area contributed by atoms with Gasteiger partial charge in [-0.05, 0) is 62.3 Å². The highest BCUT2D eigenvalue weighted by molar-refractivity contribution is 6.14. The number of rotatable bonds is 5. The first-order valence-electron chi connectivity index (χ1n) is 18.5. The molecule has 0 aliphatic carbocycles. The molecule has 0 spiro atoms. The number of aromatic nitrogens is 3. The Balaban J connectivity index is 1.09. The maximum Gasteiger partial charge on any atom is 0.160 e. The Bertz CT molecular complexity index is 3270. The SMILES string of the molecule is c1cc(-c2cc(-c3cc4ccccc4c4ccccc34)nc(-c3ccc(-c4cccc5c4oc4ccccc45)cc3)n2)cc(-c2cncc3ccccc23)c1. The molecule has 0 saturated heterocycles. The monoisotopic (exact) mass is 701 g/mol. The van der Waals surface area contributed by atoms with E-state index in [1.165, 1.54) is 21.5 Å². The number of para-hydroxylation sites is 2. The number of benzene rings is 8. The highest BCUT2D eigenvalue weighted by Crippen LogP contribution is 2.39. The molecule has 0 fully saturated rings. The first kappa shape index (κ1) is 31.1. The van der Waals surface area contributed by atoms with E-state index in [1.807, 2.05) is 24.5 Å². The standard InChI is InChI=1S/C51H31N3O/c1-3-15-38-35(11-1)28-45(42-18-6-5-17-41(38)42)48-29-47(36-14-9-13-34(27-36)46-31-52-30-37-12-2-4-16-39(37)46)53-51(54-48)33-25-23-32(24-26-33)40-20-10-21-44-43-19-7-8-22-49(43)55-50(40)44/h1-31H. The van der Waals surface area contributed by atoms with E-state index < -0.39 is 0 Å². The fourth-order valence-electron chi connectivity index (χ4n) is 8.09. The van der Waals surface area contributed by atoms with Gasteiger partial charge in [0, 0.05) is 56.4 Å². The van der Waals surface area contributed by atoms with E-state index in [9.17, 15) is 0 Å². The maximum absolute atomic E-state index is 6.38. The third-order valence-corrected chi connectivity index (χ3v) is 10.8. The van der Waals surface area contributed by atoms with E-state index in [0.29, 0.717) is 5.82 Å². The van der Waals surface area contributed by atoms with Crippen molar-refractivity contribution in [3.63, 3.8) is 0 Å². The average Bonchev–Trinajstić information content (AvgIpc) is 3.65. The van der Waals surface area contributed by atoms with E-state index in [-0.39, 0.29) is 0 Å². The van der Waals surface area contributed by atoms with Gasteiger partial charge in [0.1, 0.15) is 11.2 Å². The summed E-state index contributed by atoms with van der Waals surface area (Å²) in [7, 11) is 0. The predicted octanol–water partition coefficient (Wildman–Crippen LogP) is 13.6. The third kappa shape index (κ3) is 5.26. The van der Waals surface area contributed by atoms with Gasteiger partial charge in [-0.3, -0.25) is 4.98 Å². The number of hydrogen-bond donors (Lipinski definition) is 0. The van der Waals surface area contributed by atoms with Gasteiger partial charge in [0.05, 0.1) is 11.4 Å². The van der Waals surface area contributed by atoms with E-state index in [2.05, 4.69) is 169 Å². The minimum absolute atomic E-state index is 0.662. The van der Waals surface area contributed by atoms with E-state index >= 15 is 0 Å². The lowest BCUT2D eigenvalue weighted by Crippen LogP contribution is -1.97. The van der Waals surface area contributed by atoms with Crippen molar-refractivity contribution in [2.24, 2.45) is 0 Å². The van der Waals surface area contributed by atoms with Gasteiger partial charge in [0.25, 0.3) is 0 Å².